The van der Waals surface area contributed by atoms with Gasteiger partial charge in [-0.2, -0.15) is 0 Å². The lowest BCUT2D eigenvalue weighted by Crippen LogP contribution is -2.60. The number of nitrogens with zero attached hydrogens (tertiary/aromatic N) is 2. The zero-order valence-electron chi connectivity index (χ0n) is 22.9. The summed E-state index contributed by atoms with van der Waals surface area (Å²) in [4.78, 5) is 45.7. The quantitative estimate of drug-likeness (QED) is 0.334. The number of esters is 1. The maximum absolute atomic E-state index is 14.8. The maximum Gasteiger partial charge on any atom is 0.310 e. The van der Waals surface area contributed by atoms with E-state index in [9.17, 15) is 19.5 Å². The van der Waals surface area contributed by atoms with E-state index in [0.717, 1.165) is 18.4 Å². The minimum atomic E-state index is -0.869. The van der Waals surface area contributed by atoms with Gasteiger partial charge in [-0.05, 0) is 43.7 Å². The molecule has 3 aliphatic rings. The van der Waals surface area contributed by atoms with Crippen molar-refractivity contribution in [1.82, 2.24) is 4.90 Å². The standard InChI is InChI=1S/C29H39ClN2O5S/c1-7-13-31(24-17(5)11-10-12-19(24)30)27(35)25-29-18(6)14-21(38-29)22(28(36)37-9-3)23(29)26(34)32(25)20(15-33)16(4)8-2/h7,10-12,16,18,20-23,25,33H,1,8-9,13-15H2,2-6H3/t16-,18?,20-,21+,22-,23-,25?,29?/m0/s1. The van der Waals surface area contributed by atoms with Crippen molar-refractivity contribution < 1.29 is 24.2 Å². The highest BCUT2D eigenvalue weighted by atomic mass is 35.5. The van der Waals surface area contributed by atoms with Gasteiger partial charge in [-0.3, -0.25) is 14.4 Å². The molecule has 0 aliphatic carbocycles. The lowest BCUT2D eigenvalue weighted by atomic mass is 9.66. The number of benzene rings is 1. The van der Waals surface area contributed by atoms with E-state index in [1.807, 2.05) is 32.9 Å². The SMILES string of the molecule is C=CCN(C(=O)C1N([C@@H](CO)[C@@H](C)CC)C(=O)[C@@H]2[C@@H](C(=O)OCC)[C@H]3CC(C)C12S3)c1c(C)cccc1Cl. The van der Waals surface area contributed by atoms with Crippen LogP contribution < -0.4 is 4.90 Å². The Morgan fingerprint density at radius 2 is 2.11 bits per heavy atom. The molecule has 3 fully saturated rings. The Kier molecular flexibility index (Phi) is 8.55. The molecule has 2 bridgehead atoms. The van der Waals surface area contributed by atoms with Gasteiger partial charge >= 0.3 is 5.97 Å². The Balaban J connectivity index is 1.91. The van der Waals surface area contributed by atoms with Gasteiger partial charge < -0.3 is 19.6 Å². The molecular formula is C29H39ClN2O5S. The molecule has 3 saturated heterocycles. The summed E-state index contributed by atoms with van der Waals surface area (Å²) in [6, 6.07) is 4.05. The monoisotopic (exact) mass is 562 g/mol. The number of thioether (sulfide) groups is 1. The molecule has 0 radical (unpaired) electrons. The summed E-state index contributed by atoms with van der Waals surface area (Å²) in [5.74, 6) is -2.23. The van der Waals surface area contributed by atoms with Crippen LogP contribution in [0.25, 0.3) is 0 Å². The van der Waals surface area contributed by atoms with Gasteiger partial charge in [-0.1, -0.05) is 57.0 Å². The van der Waals surface area contributed by atoms with E-state index < -0.39 is 28.7 Å². The van der Waals surface area contributed by atoms with Gasteiger partial charge in [0.05, 0.1) is 46.5 Å². The van der Waals surface area contributed by atoms with Gasteiger partial charge in [-0.15, -0.1) is 18.3 Å². The van der Waals surface area contributed by atoms with Gasteiger partial charge in [0.2, 0.25) is 5.91 Å². The number of carbonyl (C=O) groups is 3. The van der Waals surface area contributed by atoms with Crippen LogP contribution in [0.1, 0.15) is 46.1 Å². The number of likely N-dealkylation sites (tertiary alicyclic amines) is 1. The number of aryl methyl sites for hydroxylation is 1. The molecule has 1 aromatic carbocycles. The normalized spacial score (nSPS) is 31.2. The molecule has 3 unspecified atom stereocenters. The fourth-order valence-electron chi connectivity index (χ4n) is 6.95. The Bertz CT molecular complexity index is 1090. The number of fused-ring (bicyclic) bond motifs is 1. The van der Waals surface area contributed by atoms with Crippen LogP contribution in [0, 0.1) is 30.6 Å². The molecule has 7 nitrogen and oxygen atoms in total. The fourth-order valence-corrected chi connectivity index (χ4v) is 9.66. The second-order valence-electron chi connectivity index (χ2n) is 10.8. The van der Waals surface area contributed by atoms with Gasteiger partial charge in [0.25, 0.3) is 5.91 Å². The van der Waals surface area contributed by atoms with Gasteiger partial charge in [0.15, 0.2) is 0 Å². The molecule has 3 heterocycles. The smallest absolute Gasteiger partial charge is 0.310 e. The molecule has 4 rings (SSSR count). The molecule has 8 atom stereocenters. The molecule has 208 valence electrons. The average Bonchev–Trinajstić information content (AvgIpc) is 3.47. The van der Waals surface area contributed by atoms with Crippen molar-refractivity contribution in [2.75, 3.05) is 24.7 Å². The zero-order chi connectivity index (χ0) is 27.9. The number of anilines is 1. The van der Waals surface area contributed by atoms with Crippen LogP contribution in [0.3, 0.4) is 0 Å². The summed E-state index contributed by atoms with van der Waals surface area (Å²) >= 11 is 8.24. The zero-order valence-corrected chi connectivity index (χ0v) is 24.4. The molecule has 38 heavy (non-hydrogen) atoms. The van der Waals surface area contributed by atoms with Gasteiger partial charge in [-0.25, -0.2) is 0 Å². The molecular weight excluding hydrogens is 524 g/mol. The Morgan fingerprint density at radius 1 is 1.39 bits per heavy atom. The van der Waals surface area contributed by atoms with E-state index in [2.05, 4.69) is 13.5 Å². The first-order chi connectivity index (χ1) is 18.1. The van der Waals surface area contributed by atoms with E-state index in [1.165, 1.54) is 0 Å². The van der Waals surface area contributed by atoms with Crippen LogP contribution in [0.2, 0.25) is 5.02 Å². The molecule has 0 aromatic heterocycles. The summed E-state index contributed by atoms with van der Waals surface area (Å²) in [5, 5.41) is 10.9. The molecule has 9 heteroatoms. The third kappa shape index (κ3) is 4.27. The highest BCUT2D eigenvalue weighted by Crippen LogP contribution is 2.69. The topological polar surface area (TPSA) is 87.2 Å². The summed E-state index contributed by atoms with van der Waals surface area (Å²) in [7, 11) is 0. The first-order valence-corrected chi connectivity index (χ1v) is 14.8. The van der Waals surface area contributed by atoms with Crippen LogP contribution in [0.5, 0.6) is 0 Å². The maximum atomic E-state index is 14.8. The predicted molar refractivity (Wildman–Crippen MR) is 151 cm³/mol. The predicted octanol–water partition coefficient (Wildman–Crippen LogP) is 4.47. The first-order valence-electron chi connectivity index (χ1n) is 13.5. The minimum absolute atomic E-state index is 0.00488. The highest BCUT2D eigenvalue weighted by Gasteiger charge is 2.77. The van der Waals surface area contributed by atoms with Crippen molar-refractivity contribution >= 4 is 46.8 Å². The largest absolute Gasteiger partial charge is 0.466 e. The van der Waals surface area contributed by atoms with Crippen LogP contribution in [-0.4, -0.2) is 69.6 Å². The molecule has 2 amide bonds. The number of carbonyl (C=O) groups excluding carboxylic acids is 3. The number of halogens is 1. The summed E-state index contributed by atoms with van der Waals surface area (Å²) in [5.41, 5.74) is 1.42. The number of hydrogen-bond acceptors (Lipinski definition) is 6. The number of hydrogen-bond donors (Lipinski definition) is 1. The summed E-state index contributed by atoms with van der Waals surface area (Å²) < 4.78 is 4.63. The Hall–Kier alpha value is -2.03. The number of amides is 2. The molecule has 1 aromatic rings. The molecule has 3 aliphatic heterocycles. The Labute approximate surface area is 234 Å². The van der Waals surface area contributed by atoms with E-state index in [0.29, 0.717) is 10.7 Å². The Morgan fingerprint density at radius 3 is 2.68 bits per heavy atom. The van der Waals surface area contributed by atoms with E-state index in [1.54, 1.807) is 40.6 Å². The third-order valence-electron chi connectivity index (χ3n) is 8.86. The number of para-hydroxylation sites is 1. The van der Waals surface area contributed by atoms with Crippen LogP contribution in [0.4, 0.5) is 5.69 Å². The van der Waals surface area contributed by atoms with E-state index in [-0.39, 0.29) is 54.6 Å². The van der Waals surface area contributed by atoms with Gasteiger partial charge in [0, 0.05) is 11.8 Å². The number of aliphatic hydroxyl groups excluding tert-OH is 1. The van der Waals surface area contributed by atoms with Crippen LogP contribution in [-0.2, 0) is 19.1 Å². The van der Waals surface area contributed by atoms with E-state index in [4.69, 9.17) is 16.3 Å². The fraction of sp³-hybridized carbons (Fsp3) is 0.621. The lowest BCUT2D eigenvalue weighted by molar-refractivity contribution is -0.154. The molecule has 1 N–H and O–H groups in total. The second-order valence-corrected chi connectivity index (χ2v) is 12.8. The summed E-state index contributed by atoms with van der Waals surface area (Å²) in [6.45, 7) is 13.8. The minimum Gasteiger partial charge on any atom is -0.466 e. The lowest BCUT2D eigenvalue weighted by Gasteiger charge is -2.43. The van der Waals surface area contributed by atoms with Gasteiger partial charge in [0.1, 0.15) is 6.04 Å². The average molecular weight is 563 g/mol. The van der Waals surface area contributed by atoms with Crippen LogP contribution >= 0.6 is 23.4 Å². The first kappa shape index (κ1) is 29.0. The number of rotatable bonds is 10. The van der Waals surface area contributed by atoms with E-state index >= 15 is 0 Å². The van der Waals surface area contributed by atoms with Crippen LogP contribution in [0.15, 0.2) is 30.9 Å². The van der Waals surface area contributed by atoms with Crippen molar-refractivity contribution in [2.24, 2.45) is 23.7 Å². The van der Waals surface area contributed by atoms with Crippen molar-refractivity contribution in [3.05, 3.63) is 41.4 Å². The van der Waals surface area contributed by atoms with Crippen molar-refractivity contribution in [3.63, 3.8) is 0 Å². The molecule has 0 saturated carbocycles. The van der Waals surface area contributed by atoms with Crippen molar-refractivity contribution in [3.8, 4) is 0 Å². The highest BCUT2D eigenvalue weighted by molar-refractivity contribution is 8.02. The summed E-state index contributed by atoms with van der Waals surface area (Å²) in [6.07, 6.45) is 3.09. The van der Waals surface area contributed by atoms with Crippen molar-refractivity contribution in [2.45, 2.75) is 69.5 Å². The number of aliphatic hydroxyl groups is 1. The third-order valence-corrected chi connectivity index (χ3v) is 11.2. The van der Waals surface area contributed by atoms with Crippen molar-refractivity contribution in [1.29, 1.82) is 0 Å². The number of ether oxygens (including phenoxy) is 1. The second kappa shape index (κ2) is 11.2. The molecule has 1 spiro atoms.